The number of nitrogens with one attached hydrogen (secondary N) is 1. The lowest BCUT2D eigenvalue weighted by Crippen LogP contribution is -2.47. The number of anilines is 1. The lowest BCUT2D eigenvalue weighted by atomic mass is 10.2. The van der Waals surface area contributed by atoms with Gasteiger partial charge in [-0.3, -0.25) is 9.69 Å². The maximum atomic E-state index is 12.7. The van der Waals surface area contributed by atoms with Gasteiger partial charge in [0.1, 0.15) is 5.82 Å². The molecule has 3 aromatic rings. The standard InChI is InChI=1S/C24H28N4O/c29-24(25-16-19-4-2-1-3-5-19)21-8-9-22-10-11-23(28(22)18-21)27-14-12-26(13-15-27)17-20-6-7-20/h1-5,8-11,18,20H,6-7,12-17H2,(H,25,29). The summed E-state index contributed by atoms with van der Waals surface area (Å²) in [5.41, 5.74) is 2.92. The van der Waals surface area contributed by atoms with Crippen LogP contribution in [0.4, 0.5) is 5.82 Å². The van der Waals surface area contributed by atoms with Crippen molar-refractivity contribution in [1.29, 1.82) is 0 Å². The Hall–Kier alpha value is -2.79. The lowest BCUT2D eigenvalue weighted by Gasteiger charge is -2.35. The van der Waals surface area contributed by atoms with Crippen LogP contribution in [0.5, 0.6) is 0 Å². The molecule has 1 aliphatic carbocycles. The molecule has 0 radical (unpaired) electrons. The fraction of sp³-hybridized carbons (Fsp3) is 0.375. The molecule has 1 N–H and O–H groups in total. The third kappa shape index (κ3) is 4.15. The molecule has 2 aromatic heterocycles. The van der Waals surface area contributed by atoms with Crippen molar-refractivity contribution < 1.29 is 4.79 Å². The minimum Gasteiger partial charge on any atom is -0.355 e. The van der Waals surface area contributed by atoms with E-state index in [1.165, 1.54) is 25.2 Å². The van der Waals surface area contributed by atoms with Crippen molar-refractivity contribution >= 4 is 17.2 Å². The molecule has 1 amide bonds. The molecular formula is C24H28N4O. The molecule has 1 aliphatic heterocycles. The first kappa shape index (κ1) is 18.3. The summed E-state index contributed by atoms with van der Waals surface area (Å²) in [6.07, 6.45) is 4.80. The van der Waals surface area contributed by atoms with Gasteiger partial charge in [-0.2, -0.15) is 0 Å². The topological polar surface area (TPSA) is 40.0 Å². The first-order valence-electron chi connectivity index (χ1n) is 10.7. The highest BCUT2D eigenvalue weighted by molar-refractivity contribution is 5.94. The van der Waals surface area contributed by atoms with Gasteiger partial charge in [-0.25, -0.2) is 0 Å². The van der Waals surface area contributed by atoms with Crippen molar-refractivity contribution in [2.75, 3.05) is 37.6 Å². The number of amides is 1. The van der Waals surface area contributed by atoms with E-state index in [4.69, 9.17) is 0 Å². The van der Waals surface area contributed by atoms with Gasteiger partial charge in [0.15, 0.2) is 0 Å². The van der Waals surface area contributed by atoms with Crippen LogP contribution in [0.15, 0.2) is 60.8 Å². The first-order chi connectivity index (χ1) is 14.3. The normalized spacial score (nSPS) is 17.6. The highest BCUT2D eigenvalue weighted by Crippen LogP contribution is 2.30. The molecule has 0 spiro atoms. The summed E-state index contributed by atoms with van der Waals surface area (Å²) in [5.74, 6) is 2.10. The second-order valence-electron chi connectivity index (χ2n) is 8.30. The minimum atomic E-state index is -0.0374. The first-order valence-corrected chi connectivity index (χ1v) is 10.7. The number of carbonyl (C=O) groups excluding carboxylic acids is 1. The highest BCUT2D eigenvalue weighted by atomic mass is 16.1. The van der Waals surface area contributed by atoms with E-state index >= 15 is 0 Å². The lowest BCUT2D eigenvalue weighted by molar-refractivity contribution is 0.0950. The Morgan fingerprint density at radius 1 is 0.931 bits per heavy atom. The van der Waals surface area contributed by atoms with Crippen LogP contribution in [-0.4, -0.2) is 47.9 Å². The highest BCUT2D eigenvalue weighted by Gasteiger charge is 2.27. The van der Waals surface area contributed by atoms with Crippen molar-refractivity contribution in [2.24, 2.45) is 5.92 Å². The third-order valence-corrected chi connectivity index (χ3v) is 6.10. The summed E-state index contributed by atoms with van der Waals surface area (Å²) in [6, 6.07) is 18.3. The van der Waals surface area contributed by atoms with E-state index in [2.05, 4.69) is 31.7 Å². The summed E-state index contributed by atoms with van der Waals surface area (Å²) >= 11 is 0. The summed E-state index contributed by atoms with van der Waals surface area (Å²) < 4.78 is 2.16. The Kier molecular flexibility index (Phi) is 4.98. The zero-order chi connectivity index (χ0) is 19.6. The predicted molar refractivity (Wildman–Crippen MR) is 116 cm³/mol. The Bertz CT molecular complexity index is 985. The molecule has 5 heteroatoms. The van der Waals surface area contributed by atoms with Crippen LogP contribution in [0.3, 0.4) is 0 Å². The van der Waals surface area contributed by atoms with Gasteiger partial charge in [-0.15, -0.1) is 0 Å². The van der Waals surface area contributed by atoms with Crippen molar-refractivity contribution in [3.63, 3.8) is 0 Å². The fourth-order valence-electron chi connectivity index (χ4n) is 4.18. The molecule has 0 unspecified atom stereocenters. The maximum Gasteiger partial charge on any atom is 0.253 e. The van der Waals surface area contributed by atoms with Crippen LogP contribution in [-0.2, 0) is 6.54 Å². The van der Waals surface area contributed by atoms with E-state index in [0.29, 0.717) is 12.1 Å². The molecule has 0 bridgehead atoms. The third-order valence-electron chi connectivity index (χ3n) is 6.10. The van der Waals surface area contributed by atoms with Crippen molar-refractivity contribution in [1.82, 2.24) is 14.6 Å². The summed E-state index contributed by atoms with van der Waals surface area (Å²) in [6.45, 7) is 6.15. The molecule has 1 saturated carbocycles. The zero-order valence-corrected chi connectivity index (χ0v) is 16.8. The Morgan fingerprint density at radius 3 is 2.45 bits per heavy atom. The quantitative estimate of drug-likeness (QED) is 0.704. The van der Waals surface area contributed by atoms with Gasteiger partial charge < -0.3 is 14.6 Å². The predicted octanol–water partition coefficient (Wildman–Crippen LogP) is 3.40. The Labute approximate surface area is 171 Å². The van der Waals surface area contributed by atoms with E-state index in [0.717, 1.165) is 43.2 Å². The van der Waals surface area contributed by atoms with Gasteiger partial charge in [0.2, 0.25) is 0 Å². The second kappa shape index (κ2) is 7.91. The Balaban J connectivity index is 1.28. The van der Waals surface area contributed by atoms with Gasteiger partial charge >= 0.3 is 0 Å². The number of fused-ring (bicyclic) bond motifs is 1. The summed E-state index contributed by atoms with van der Waals surface area (Å²) in [5, 5.41) is 3.03. The molecule has 3 heterocycles. The van der Waals surface area contributed by atoms with Gasteiger partial charge in [0, 0.05) is 51.0 Å². The SMILES string of the molecule is O=C(NCc1ccccc1)c1ccc2ccc(N3CCN(CC4CC4)CC3)n2c1. The number of carbonyl (C=O) groups is 1. The van der Waals surface area contributed by atoms with Crippen LogP contribution >= 0.6 is 0 Å². The number of pyridine rings is 1. The molecule has 1 aromatic carbocycles. The average Bonchev–Trinajstić information content (AvgIpc) is 3.48. The molecule has 1 saturated heterocycles. The van der Waals surface area contributed by atoms with E-state index in [1.54, 1.807) is 0 Å². The fourth-order valence-corrected chi connectivity index (χ4v) is 4.18. The molecule has 2 aliphatic rings. The summed E-state index contributed by atoms with van der Waals surface area (Å²) in [7, 11) is 0. The smallest absolute Gasteiger partial charge is 0.253 e. The number of rotatable bonds is 6. The van der Waals surface area contributed by atoms with Crippen molar-refractivity contribution in [3.05, 3.63) is 71.9 Å². The molecule has 29 heavy (non-hydrogen) atoms. The van der Waals surface area contributed by atoms with Crippen LogP contribution in [0.2, 0.25) is 0 Å². The molecule has 0 atom stereocenters. The van der Waals surface area contributed by atoms with Crippen LogP contribution in [0, 0.1) is 5.92 Å². The van der Waals surface area contributed by atoms with Gasteiger partial charge in [0.05, 0.1) is 5.56 Å². The molecule has 5 rings (SSSR count). The second-order valence-corrected chi connectivity index (χ2v) is 8.30. The zero-order valence-electron chi connectivity index (χ0n) is 16.8. The van der Waals surface area contributed by atoms with E-state index < -0.39 is 0 Å². The molecule has 150 valence electrons. The minimum absolute atomic E-state index is 0.0374. The number of benzene rings is 1. The average molecular weight is 389 g/mol. The number of nitrogens with zero attached hydrogens (tertiary/aromatic N) is 3. The van der Waals surface area contributed by atoms with Crippen molar-refractivity contribution in [3.8, 4) is 0 Å². The van der Waals surface area contributed by atoms with Gasteiger partial charge in [-0.1, -0.05) is 30.3 Å². The van der Waals surface area contributed by atoms with Crippen LogP contribution in [0.25, 0.3) is 5.52 Å². The number of piperazine rings is 1. The van der Waals surface area contributed by atoms with Crippen molar-refractivity contribution in [2.45, 2.75) is 19.4 Å². The van der Waals surface area contributed by atoms with Crippen LogP contribution in [0.1, 0.15) is 28.8 Å². The summed E-state index contributed by atoms with van der Waals surface area (Å²) in [4.78, 5) is 17.7. The van der Waals surface area contributed by atoms with E-state index in [9.17, 15) is 4.79 Å². The number of aromatic nitrogens is 1. The van der Waals surface area contributed by atoms with E-state index in [1.807, 2.05) is 48.7 Å². The molecule has 2 fully saturated rings. The number of hydrogen-bond acceptors (Lipinski definition) is 3. The molecule has 5 nitrogen and oxygen atoms in total. The van der Waals surface area contributed by atoms with Gasteiger partial charge in [0.25, 0.3) is 5.91 Å². The maximum absolute atomic E-state index is 12.7. The van der Waals surface area contributed by atoms with Crippen LogP contribution < -0.4 is 10.2 Å². The monoisotopic (exact) mass is 388 g/mol. The number of hydrogen-bond donors (Lipinski definition) is 1. The molecular weight excluding hydrogens is 360 g/mol. The van der Waals surface area contributed by atoms with Gasteiger partial charge in [-0.05, 0) is 48.6 Å². The van der Waals surface area contributed by atoms with E-state index in [-0.39, 0.29) is 5.91 Å². The largest absolute Gasteiger partial charge is 0.355 e. The Morgan fingerprint density at radius 2 is 1.69 bits per heavy atom.